The van der Waals surface area contributed by atoms with Crippen molar-refractivity contribution in [3.63, 3.8) is 0 Å². The number of hydrogen-bond donors (Lipinski definition) is 3. The fourth-order valence-electron chi connectivity index (χ4n) is 1.92. The fourth-order valence-corrected chi connectivity index (χ4v) is 1.92. The Morgan fingerprint density at radius 1 is 1.47 bits per heavy atom. The minimum atomic E-state index is -0.154. The third-order valence-electron chi connectivity index (χ3n) is 3.35. The highest BCUT2D eigenvalue weighted by Crippen LogP contribution is 2.23. The number of rotatable bonds is 4. The number of anilines is 1. The monoisotopic (exact) mass is 261 g/mol. The zero-order valence-corrected chi connectivity index (χ0v) is 11.2. The SMILES string of the molecule is CC(C)C(N)CNC(=O)c1ccc2c(c1)CC(=O)N2. The first kappa shape index (κ1) is 13.5. The van der Waals surface area contributed by atoms with Gasteiger partial charge >= 0.3 is 0 Å². The lowest BCUT2D eigenvalue weighted by Crippen LogP contribution is -2.40. The average Bonchev–Trinajstić information content (AvgIpc) is 2.74. The summed E-state index contributed by atoms with van der Waals surface area (Å²) < 4.78 is 0. The molecule has 1 aliphatic heterocycles. The van der Waals surface area contributed by atoms with Crippen LogP contribution in [0.3, 0.4) is 0 Å². The maximum absolute atomic E-state index is 12.0. The molecule has 1 atom stereocenters. The lowest BCUT2D eigenvalue weighted by Gasteiger charge is -2.16. The van der Waals surface area contributed by atoms with Gasteiger partial charge < -0.3 is 16.4 Å². The number of nitrogens with one attached hydrogen (secondary N) is 2. The van der Waals surface area contributed by atoms with Crippen molar-refractivity contribution in [3.05, 3.63) is 29.3 Å². The predicted octanol–water partition coefficient (Wildman–Crippen LogP) is 0.894. The van der Waals surface area contributed by atoms with Crippen LogP contribution in [-0.4, -0.2) is 24.4 Å². The second-order valence-electron chi connectivity index (χ2n) is 5.21. The topological polar surface area (TPSA) is 84.2 Å². The zero-order chi connectivity index (χ0) is 14.0. The fraction of sp³-hybridized carbons (Fsp3) is 0.429. The van der Waals surface area contributed by atoms with Gasteiger partial charge in [0.05, 0.1) is 6.42 Å². The molecule has 0 spiro atoms. The molecule has 1 aromatic carbocycles. The van der Waals surface area contributed by atoms with Crippen LogP contribution in [0.15, 0.2) is 18.2 Å². The van der Waals surface area contributed by atoms with Crippen LogP contribution in [0.25, 0.3) is 0 Å². The maximum atomic E-state index is 12.0. The van der Waals surface area contributed by atoms with Crippen LogP contribution in [0, 0.1) is 5.92 Å². The van der Waals surface area contributed by atoms with Crippen molar-refractivity contribution < 1.29 is 9.59 Å². The van der Waals surface area contributed by atoms with Crippen molar-refractivity contribution in [2.75, 3.05) is 11.9 Å². The largest absolute Gasteiger partial charge is 0.350 e. The summed E-state index contributed by atoms with van der Waals surface area (Å²) in [6, 6.07) is 5.17. The molecule has 0 aliphatic carbocycles. The molecule has 102 valence electrons. The van der Waals surface area contributed by atoms with Crippen LogP contribution in [0.4, 0.5) is 5.69 Å². The molecule has 5 nitrogen and oxygen atoms in total. The average molecular weight is 261 g/mol. The van der Waals surface area contributed by atoms with Gasteiger partial charge in [0.2, 0.25) is 5.91 Å². The summed E-state index contributed by atoms with van der Waals surface area (Å²) in [5.74, 6) is 0.134. The second kappa shape index (κ2) is 5.40. The first-order valence-electron chi connectivity index (χ1n) is 6.44. The van der Waals surface area contributed by atoms with Crippen molar-refractivity contribution in [3.8, 4) is 0 Å². The summed E-state index contributed by atoms with van der Waals surface area (Å²) in [6.45, 7) is 4.48. The molecule has 1 unspecified atom stereocenters. The lowest BCUT2D eigenvalue weighted by molar-refractivity contribution is -0.115. The third-order valence-corrected chi connectivity index (χ3v) is 3.35. The molecule has 0 aromatic heterocycles. The number of carbonyl (C=O) groups is 2. The van der Waals surface area contributed by atoms with E-state index in [-0.39, 0.29) is 17.9 Å². The molecule has 2 amide bonds. The maximum Gasteiger partial charge on any atom is 0.251 e. The van der Waals surface area contributed by atoms with Gasteiger partial charge in [-0.25, -0.2) is 0 Å². The van der Waals surface area contributed by atoms with Crippen molar-refractivity contribution in [1.29, 1.82) is 0 Å². The van der Waals surface area contributed by atoms with E-state index in [1.54, 1.807) is 18.2 Å². The molecular formula is C14H19N3O2. The van der Waals surface area contributed by atoms with Gasteiger partial charge in [-0.1, -0.05) is 13.8 Å². The third kappa shape index (κ3) is 3.12. The Balaban J connectivity index is 2.01. The molecule has 1 aromatic rings. The van der Waals surface area contributed by atoms with Gasteiger partial charge in [-0.2, -0.15) is 0 Å². The first-order chi connectivity index (χ1) is 8.97. The molecular weight excluding hydrogens is 242 g/mol. The minimum absolute atomic E-state index is 0.0330. The smallest absolute Gasteiger partial charge is 0.251 e. The summed E-state index contributed by atoms with van der Waals surface area (Å²) in [6.07, 6.45) is 0.335. The molecule has 19 heavy (non-hydrogen) atoms. The zero-order valence-electron chi connectivity index (χ0n) is 11.2. The van der Waals surface area contributed by atoms with Gasteiger partial charge in [0.15, 0.2) is 0 Å². The molecule has 0 saturated heterocycles. The van der Waals surface area contributed by atoms with E-state index in [0.717, 1.165) is 11.3 Å². The number of nitrogens with two attached hydrogens (primary N) is 1. The highest BCUT2D eigenvalue weighted by molar-refractivity contribution is 6.01. The van der Waals surface area contributed by atoms with E-state index in [1.807, 2.05) is 13.8 Å². The van der Waals surface area contributed by atoms with E-state index in [2.05, 4.69) is 10.6 Å². The van der Waals surface area contributed by atoms with Crippen LogP contribution in [-0.2, 0) is 11.2 Å². The van der Waals surface area contributed by atoms with Crippen LogP contribution in [0.5, 0.6) is 0 Å². The Kier molecular flexibility index (Phi) is 3.85. The van der Waals surface area contributed by atoms with Crippen LogP contribution in [0.2, 0.25) is 0 Å². The van der Waals surface area contributed by atoms with Gasteiger partial charge in [0.25, 0.3) is 5.91 Å². The molecule has 2 rings (SSSR count). The molecule has 0 bridgehead atoms. The normalized spacial score (nSPS) is 15.1. The minimum Gasteiger partial charge on any atom is -0.350 e. The molecule has 1 aliphatic rings. The molecule has 0 radical (unpaired) electrons. The van der Waals surface area contributed by atoms with Crippen molar-refractivity contribution in [2.24, 2.45) is 11.7 Å². The Morgan fingerprint density at radius 3 is 2.89 bits per heavy atom. The summed E-state index contributed by atoms with van der Waals surface area (Å²) in [7, 11) is 0. The van der Waals surface area contributed by atoms with Crippen LogP contribution < -0.4 is 16.4 Å². The van der Waals surface area contributed by atoms with Crippen molar-refractivity contribution in [2.45, 2.75) is 26.3 Å². The molecule has 0 saturated carbocycles. The van der Waals surface area contributed by atoms with Crippen molar-refractivity contribution in [1.82, 2.24) is 5.32 Å². The van der Waals surface area contributed by atoms with E-state index in [0.29, 0.717) is 24.4 Å². The lowest BCUT2D eigenvalue weighted by atomic mass is 10.0. The van der Waals surface area contributed by atoms with E-state index in [1.165, 1.54) is 0 Å². The molecule has 0 fully saturated rings. The van der Waals surface area contributed by atoms with E-state index >= 15 is 0 Å². The Hall–Kier alpha value is -1.88. The summed E-state index contributed by atoms with van der Waals surface area (Å²) in [4.78, 5) is 23.2. The van der Waals surface area contributed by atoms with Gasteiger partial charge in [-0.05, 0) is 29.7 Å². The number of amides is 2. The number of fused-ring (bicyclic) bond motifs is 1. The number of hydrogen-bond acceptors (Lipinski definition) is 3. The molecule has 5 heteroatoms. The Morgan fingerprint density at radius 2 is 2.21 bits per heavy atom. The van der Waals surface area contributed by atoms with Gasteiger partial charge in [0.1, 0.15) is 0 Å². The van der Waals surface area contributed by atoms with Crippen LogP contribution >= 0.6 is 0 Å². The summed E-state index contributed by atoms with van der Waals surface area (Å²) in [5, 5.41) is 5.55. The number of benzene rings is 1. The highest BCUT2D eigenvalue weighted by atomic mass is 16.2. The first-order valence-corrected chi connectivity index (χ1v) is 6.44. The molecule has 1 heterocycles. The van der Waals surface area contributed by atoms with Gasteiger partial charge in [0, 0.05) is 23.8 Å². The highest BCUT2D eigenvalue weighted by Gasteiger charge is 2.19. The Bertz CT molecular complexity index is 511. The Labute approximate surface area is 112 Å². The predicted molar refractivity (Wildman–Crippen MR) is 73.9 cm³/mol. The van der Waals surface area contributed by atoms with E-state index < -0.39 is 0 Å². The van der Waals surface area contributed by atoms with Crippen molar-refractivity contribution >= 4 is 17.5 Å². The van der Waals surface area contributed by atoms with Gasteiger partial charge in [-0.15, -0.1) is 0 Å². The number of carbonyl (C=O) groups excluding carboxylic acids is 2. The summed E-state index contributed by atoms with van der Waals surface area (Å²) >= 11 is 0. The van der Waals surface area contributed by atoms with Gasteiger partial charge in [-0.3, -0.25) is 9.59 Å². The standard InChI is InChI=1S/C14H19N3O2/c1-8(2)11(15)7-16-14(19)9-3-4-12-10(5-9)6-13(18)17-12/h3-5,8,11H,6-7,15H2,1-2H3,(H,16,19)(H,17,18). The summed E-state index contributed by atoms with van der Waals surface area (Å²) in [5.41, 5.74) is 8.10. The van der Waals surface area contributed by atoms with E-state index in [9.17, 15) is 9.59 Å². The molecule has 4 N–H and O–H groups in total. The quantitative estimate of drug-likeness (QED) is 0.752. The van der Waals surface area contributed by atoms with Crippen LogP contribution in [0.1, 0.15) is 29.8 Å². The second-order valence-corrected chi connectivity index (χ2v) is 5.21. The van der Waals surface area contributed by atoms with E-state index in [4.69, 9.17) is 5.73 Å².